The first-order valence-electron chi connectivity index (χ1n) is 16.0. The zero-order valence-corrected chi connectivity index (χ0v) is 26.9. The van der Waals surface area contributed by atoms with Gasteiger partial charge >= 0.3 is 0 Å². The van der Waals surface area contributed by atoms with Crippen molar-refractivity contribution in [2.24, 2.45) is 5.41 Å². The van der Waals surface area contributed by atoms with Crippen LogP contribution >= 0.6 is 0 Å². The van der Waals surface area contributed by atoms with Crippen LogP contribution in [-0.4, -0.2) is 28.8 Å². The molecule has 3 aromatic rings. The second-order valence-corrected chi connectivity index (χ2v) is 12.8. The minimum absolute atomic E-state index is 0.00270. The first-order chi connectivity index (χ1) is 21.1. The summed E-state index contributed by atoms with van der Waals surface area (Å²) in [7, 11) is 1.49. The molecule has 0 amide bonds. The monoisotopic (exact) mass is 596 g/mol. The summed E-state index contributed by atoms with van der Waals surface area (Å²) in [4.78, 5) is 29.9. The Bertz CT molecular complexity index is 1480. The van der Waals surface area contributed by atoms with E-state index in [4.69, 9.17) is 10.5 Å². The number of aromatic hydroxyl groups is 1. The third kappa shape index (κ3) is 9.04. The molecule has 2 aromatic carbocycles. The van der Waals surface area contributed by atoms with Crippen LogP contribution in [0.25, 0.3) is 6.08 Å². The van der Waals surface area contributed by atoms with Crippen LogP contribution in [0.1, 0.15) is 110 Å². The Kier molecular flexibility index (Phi) is 11.4. The van der Waals surface area contributed by atoms with Crippen molar-refractivity contribution in [3.05, 3.63) is 87.6 Å². The molecule has 0 saturated heterocycles. The van der Waals surface area contributed by atoms with Gasteiger partial charge in [0.1, 0.15) is 11.6 Å². The smallest absolute Gasteiger partial charge is 0.163 e. The van der Waals surface area contributed by atoms with Crippen molar-refractivity contribution >= 4 is 23.5 Å². The van der Waals surface area contributed by atoms with E-state index in [1.54, 1.807) is 24.4 Å². The van der Waals surface area contributed by atoms with E-state index in [1.807, 2.05) is 0 Å². The molecule has 0 bridgehead atoms. The molecule has 1 fully saturated rings. The molecule has 6 nitrogen and oxygen atoms in total. The first kappa shape index (κ1) is 33.0. The maximum atomic E-state index is 12.8. The SMILES string of the molecule is CCCC1(CCCC(=O)CC(=O)C=Cc2cc(OC)c(O)cc2Cc2cnc(N)c(Cc3cc(C)cc(C)c3)c2)CCCC1. The quantitative estimate of drug-likeness (QED) is 0.135. The second kappa shape index (κ2) is 15.2. The number of nitrogens with zero attached hydrogens (tertiary/aromatic N) is 1. The van der Waals surface area contributed by atoms with Crippen LogP contribution in [0.5, 0.6) is 11.5 Å². The molecule has 44 heavy (non-hydrogen) atoms. The lowest BCUT2D eigenvalue weighted by atomic mass is 9.77. The number of hydrogen-bond donors (Lipinski definition) is 2. The third-order valence-electron chi connectivity index (χ3n) is 9.00. The maximum Gasteiger partial charge on any atom is 0.163 e. The molecule has 1 aliphatic carbocycles. The first-order valence-corrected chi connectivity index (χ1v) is 16.0. The van der Waals surface area contributed by atoms with E-state index in [-0.39, 0.29) is 23.7 Å². The summed E-state index contributed by atoms with van der Waals surface area (Å²) in [5, 5.41) is 10.6. The number of nitrogen functional groups attached to an aromatic ring is 1. The van der Waals surface area contributed by atoms with Gasteiger partial charge in [0, 0.05) is 19.0 Å². The van der Waals surface area contributed by atoms with Crippen molar-refractivity contribution in [1.29, 1.82) is 0 Å². The number of phenols is 1. The van der Waals surface area contributed by atoms with E-state index in [0.29, 0.717) is 36.2 Å². The molecular weight excluding hydrogens is 548 g/mol. The summed E-state index contributed by atoms with van der Waals surface area (Å²) in [6, 6.07) is 11.9. The number of Topliss-reactive ketones (excluding diaryl/α,β-unsaturated/α-hetero) is 1. The molecule has 3 N–H and O–H groups in total. The predicted molar refractivity (Wildman–Crippen MR) is 178 cm³/mol. The van der Waals surface area contributed by atoms with E-state index in [0.717, 1.165) is 35.1 Å². The number of benzene rings is 2. The standard InChI is InChI=1S/C38H48N2O4/c1-5-12-38(13-6-7-14-38)15-8-9-33(41)24-34(42)11-10-30-23-36(44-4)35(43)22-31(30)20-29-21-32(37(39)40-25-29)19-28-17-26(2)16-27(3)18-28/h10-11,16-18,21-23,25,43H,5-9,12-15,19-20,24H2,1-4H3,(H2,39,40). The van der Waals surface area contributed by atoms with Gasteiger partial charge in [-0.1, -0.05) is 61.6 Å². The molecule has 1 aliphatic rings. The lowest BCUT2D eigenvalue weighted by molar-refractivity contribution is -0.124. The molecule has 0 aliphatic heterocycles. The lowest BCUT2D eigenvalue weighted by Crippen LogP contribution is -2.16. The number of aryl methyl sites for hydroxylation is 2. The summed E-state index contributed by atoms with van der Waals surface area (Å²) in [5.41, 5.74) is 13.7. The number of rotatable bonds is 15. The average Bonchev–Trinajstić information content (AvgIpc) is 3.42. The number of phenolic OH excluding ortho intramolecular Hbond substituents is 1. The van der Waals surface area contributed by atoms with E-state index in [1.165, 1.54) is 68.4 Å². The highest BCUT2D eigenvalue weighted by molar-refractivity contribution is 6.06. The van der Waals surface area contributed by atoms with Crippen LogP contribution in [0, 0.1) is 19.3 Å². The summed E-state index contributed by atoms with van der Waals surface area (Å²) >= 11 is 0. The van der Waals surface area contributed by atoms with Crippen LogP contribution in [-0.2, 0) is 22.4 Å². The lowest BCUT2D eigenvalue weighted by Gasteiger charge is -2.28. The molecule has 0 spiro atoms. The number of anilines is 1. The van der Waals surface area contributed by atoms with Gasteiger partial charge in [0.05, 0.1) is 13.5 Å². The molecule has 1 saturated carbocycles. The van der Waals surface area contributed by atoms with Crippen molar-refractivity contribution in [1.82, 2.24) is 4.98 Å². The van der Waals surface area contributed by atoms with Gasteiger partial charge in [-0.15, -0.1) is 0 Å². The predicted octanol–water partition coefficient (Wildman–Crippen LogP) is 8.25. The fraction of sp³-hybridized carbons (Fsp3) is 0.447. The average molecular weight is 597 g/mol. The summed E-state index contributed by atoms with van der Waals surface area (Å²) in [6.45, 7) is 6.41. The third-order valence-corrected chi connectivity index (χ3v) is 9.00. The number of pyridine rings is 1. The fourth-order valence-electron chi connectivity index (χ4n) is 6.98. The van der Waals surface area contributed by atoms with Gasteiger partial charge in [0.25, 0.3) is 0 Å². The number of carbonyl (C=O) groups is 2. The van der Waals surface area contributed by atoms with E-state index in [2.05, 4.69) is 50.0 Å². The van der Waals surface area contributed by atoms with Crippen LogP contribution in [0.3, 0.4) is 0 Å². The van der Waals surface area contributed by atoms with Crippen molar-refractivity contribution < 1.29 is 19.4 Å². The van der Waals surface area contributed by atoms with Gasteiger partial charge < -0.3 is 15.6 Å². The van der Waals surface area contributed by atoms with Crippen LogP contribution in [0.15, 0.2) is 48.7 Å². The number of carbonyl (C=O) groups excluding carboxylic acids is 2. The van der Waals surface area contributed by atoms with Gasteiger partial charge in [-0.25, -0.2) is 4.98 Å². The van der Waals surface area contributed by atoms with E-state index in [9.17, 15) is 14.7 Å². The number of ether oxygens (including phenoxy) is 1. The minimum atomic E-state index is -0.220. The normalized spacial score (nSPS) is 14.3. The van der Waals surface area contributed by atoms with Gasteiger partial charge in [0.15, 0.2) is 17.3 Å². The number of allylic oxidation sites excluding steroid dienone is 1. The molecule has 234 valence electrons. The highest BCUT2D eigenvalue weighted by Gasteiger charge is 2.32. The van der Waals surface area contributed by atoms with Crippen molar-refractivity contribution in [2.45, 2.75) is 97.8 Å². The Balaban J connectivity index is 1.44. The Labute approximate surface area is 262 Å². The number of methoxy groups -OCH3 is 1. The fourth-order valence-corrected chi connectivity index (χ4v) is 6.98. The summed E-state index contributed by atoms with van der Waals surface area (Å²) < 4.78 is 5.34. The van der Waals surface area contributed by atoms with Gasteiger partial charge in [-0.3, -0.25) is 9.59 Å². The molecule has 0 unspecified atom stereocenters. The Morgan fingerprint density at radius 2 is 1.68 bits per heavy atom. The van der Waals surface area contributed by atoms with Gasteiger partial charge in [0.2, 0.25) is 0 Å². The Morgan fingerprint density at radius 1 is 0.977 bits per heavy atom. The van der Waals surface area contributed by atoms with Gasteiger partial charge in [-0.05, 0) is 110 Å². The molecule has 0 radical (unpaired) electrons. The van der Waals surface area contributed by atoms with E-state index < -0.39 is 0 Å². The maximum absolute atomic E-state index is 12.8. The van der Waals surface area contributed by atoms with Gasteiger partial charge in [-0.2, -0.15) is 0 Å². The second-order valence-electron chi connectivity index (χ2n) is 12.8. The van der Waals surface area contributed by atoms with Crippen LogP contribution < -0.4 is 10.5 Å². The Morgan fingerprint density at radius 3 is 2.36 bits per heavy atom. The van der Waals surface area contributed by atoms with Crippen molar-refractivity contribution in [3.63, 3.8) is 0 Å². The molecular formula is C38H48N2O4. The highest BCUT2D eigenvalue weighted by atomic mass is 16.5. The summed E-state index contributed by atoms with van der Waals surface area (Å²) in [6.07, 6.45) is 15.9. The molecule has 1 aromatic heterocycles. The molecule has 1 heterocycles. The van der Waals surface area contributed by atoms with Crippen LogP contribution in [0.4, 0.5) is 5.82 Å². The topological polar surface area (TPSA) is 103 Å². The molecule has 0 atom stereocenters. The molecule has 6 heteroatoms. The van der Waals surface area contributed by atoms with Crippen molar-refractivity contribution in [3.8, 4) is 11.5 Å². The zero-order valence-electron chi connectivity index (χ0n) is 26.9. The largest absolute Gasteiger partial charge is 0.504 e. The Hall–Kier alpha value is -3.93. The minimum Gasteiger partial charge on any atom is -0.504 e. The van der Waals surface area contributed by atoms with Crippen molar-refractivity contribution in [2.75, 3.05) is 12.8 Å². The highest BCUT2D eigenvalue weighted by Crippen LogP contribution is 2.45. The number of nitrogens with two attached hydrogens (primary N) is 1. The molecule has 4 rings (SSSR count). The number of ketones is 2. The zero-order chi connectivity index (χ0) is 31.7. The number of aromatic nitrogens is 1. The van der Waals surface area contributed by atoms with E-state index >= 15 is 0 Å². The van der Waals surface area contributed by atoms with Crippen LogP contribution in [0.2, 0.25) is 0 Å². The number of hydrogen-bond acceptors (Lipinski definition) is 6. The summed E-state index contributed by atoms with van der Waals surface area (Å²) in [5.74, 6) is 0.600.